The van der Waals surface area contributed by atoms with E-state index in [0.717, 1.165) is 0 Å². The van der Waals surface area contributed by atoms with Crippen LogP contribution >= 0.6 is 0 Å². The number of aliphatic carboxylic acids is 6. The lowest BCUT2D eigenvalue weighted by molar-refractivity contribution is -0.197. The Kier molecular flexibility index (Phi) is 9.19. The van der Waals surface area contributed by atoms with Crippen LogP contribution in [0.1, 0.15) is 25.7 Å². The molecule has 0 aromatic heterocycles. The molecule has 0 heterocycles. The van der Waals surface area contributed by atoms with E-state index in [1.54, 1.807) is 0 Å². The number of carboxylic acids is 6. The first-order valence-corrected chi connectivity index (χ1v) is 7.42. The lowest BCUT2D eigenvalue weighted by Gasteiger charge is -2.28. The van der Waals surface area contributed by atoms with E-state index in [2.05, 4.69) is 9.47 Å². The van der Waals surface area contributed by atoms with Gasteiger partial charge in [0.2, 0.25) is 5.60 Å². The van der Waals surface area contributed by atoms with E-state index in [-0.39, 0.29) is 0 Å². The van der Waals surface area contributed by atoms with Gasteiger partial charge in [-0.2, -0.15) is 0 Å². The second kappa shape index (κ2) is 10.5. The van der Waals surface area contributed by atoms with Crippen molar-refractivity contribution >= 4 is 41.8 Å². The van der Waals surface area contributed by atoms with Crippen LogP contribution in [0.4, 0.5) is 0 Å². The van der Waals surface area contributed by atoms with Crippen LogP contribution in [0.3, 0.4) is 0 Å². The van der Waals surface area contributed by atoms with Gasteiger partial charge < -0.3 is 40.1 Å². The van der Waals surface area contributed by atoms with Crippen molar-refractivity contribution in [1.29, 1.82) is 0 Å². The van der Waals surface area contributed by atoms with Gasteiger partial charge in [0.1, 0.15) is 0 Å². The van der Waals surface area contributed by atoms with E-state index in [0.29, 0.717) is 0 Å². The molecule has 0 bridgehead atoms. The third-order valence-electron chi connectivity index (χ3n) is 3.15. The molecular formula is C14H16O15. The quantitative estimate of drug-likeness (QED) is 0.166. The SMILES string of the molecule is O=C(O)CC(OC(CC(=O)O)C(=O)OC(CC(=O)O)(CC(=O)O)C(=O)O)C(=O)O. The Bertz CT molecular complexity index is 692. The lowest BCUT2D eigenvalue weighted by Crippen LogP contribution is -2.50. The molecule has 15 heteroatoms. The van der Waals surface area contributed by atoms with Crippen molar-refractivity contribution in [1.82, 2.24) is 0 Å². The summed E-state index contributed by atoms with van der Waals surface area (Å²) in [6.07, 6.45) is -10.2. The number of carbonyl (C=O) groups excluding carboxylic acids is 1. The molecular weight excluding hydrogens is 408 g/mol. The maximum Gasteiger partial charge on any atom is 0.349 e. The first-order valence-electron chi connectivity index (χ1n) is 7.42. The number of hydrogen-bond donors (Lipinski definition) is 6. The van der Waals surface area contributed by atoms with Crippen molar-refractivity contribution in [3.63, 3.8) is 0 Å². The molecule has 15 nitrogen and oxygen atoms in total. The maximum atomic E-state index is 12.2. The average molecular weight is 424 g/mol. The van der Waals surface area contributed by atoms with Crippen LogP contribution in [-0.4, -0.2) is 90.2 Å². The summed E-state index contributed by atoms with van der Waals surface area (Å²) in [5.41, 5.74) is -3.17. The van der Waals surface area contributed by atoms with Gasteiger partial charge in [0.25, 0.3) is 0 Å². The Morgan fingerprint density at radius 2 is 1.07 bits per heavy atom. The smallest absolute Gasteiger partial charge is 0.349 e. The summed E-state index contributed by atoms with van der Waals surface area (Å²) in [5, 5.41) is 53.2. The monoisotopic (exact) mass is 424 g/mol. The molecule has 0 saturated carbocycles. The largest absolute Gasteiger partial charge is 0.481 e. The van der Waals surface area contributed by atoms with Gasteiger partial charge >= 0.3 is 41.8 Å². The van der Waals surface area contributed by atoms with E-state index in [1.807, 2.05) is 0 Å². The second-order valence-electron chi connectivity index (χ2n) is 5.51. The zero-order chi connectivity index (χ0) is 22.9. The van der Waals surface area contributed by atoms with Gasteiger partial charge in [-0.25, -0.2) is 14.4 Å². The molecule has 29 heavy (non-hydrogen) atoms. The summed E-state index contributed by atoms with van der Waals surface area (Å²) in [6.45, 7) is 0. The van der Waals surface area contributed by atoms with Crippen LogP contribution in [0.15, 0.2) is 0 Å². The zero-order valence-corrected chi connectivity index (χ0v) is 14.3. The molecule has 0 rings (SSSR count). The van der Waals surface area contributed by atoms with Crippen LogP contribution in [0, 0.1) is 0 Å². The average Bonchev–Trinajstić information content (AvgIpc) is 2.50. The van der Waals surface area contributed by atoms with Crippen LogP contribution < -0.4 is 0 Å². The Morgan fingerprint density at radius 1 is 0.655 bits per heavy atom. The summed E-state index contributed by atoms with van der Waals surface area (Å²) in [7, 11) is 0. The minimum Gasteiger partial charge on any atom is -0.481 e. The molecule has 0 radical (unpaired) electrons. The van der Waals surface area contributed by atoms with Gasteiger partial charge in [0.15, 0.2) is 12.2 Å². The maximum absolute atomic E-state index is 12.2. The van der Waals surface area contributed by atoms with Crippen molar-refractivity contribution in [3.05, 3.63) is 0 Å². The van der Waals surface area contributed by atoms with Crippen LogP contribution in [-0.2, 0) is 43.0 Å². The molecule has 0 spiro atoms. The molecule has 6 N–H and O–H groups in total. The minimum atomic E-state index is -3.17. The Hall–Kier alpha value is -3.75. The fourth-order valence-corrected chi connectivity index (χ4v) is 1.97. The molecule has 0 aromatic carbocycles. The van der Waals surface area contributed by atoms with Gasteiger partial charge in [-0.05, 0) is 0 Å². The van der Waals surface area contributed by atoms with Gasteiger partial charge in [0.05, 0.1) is 25.7 Å². The van der Waals surface area contributed by atoms with Gasteiger partial charge in [-0.3, -0.25) is 19.2 Å². The molecule has 2 atom stereocenters. The van der Waals surface area contributed by atoms with Crippen molar-refractivity contribution in [2.45, 2.75) is 43.5 Å². The summed E-state index contributed by atoms with van der Waals surface area (Å²) in [5.74, 6) is -13.2. The van der Waals surface area contributed by atoms with Gasteiger partial charge in [0, 0.05) is 0 Å². The molecule has 0 amide bonds. The minimum absolute atomic E-state index is 1.22. The van der Waals surface area contributed by atoms with E-state index >= 15 is 0 Å². The number of hydrogen-bond acceptors (Lipinski definition) is 9. The second-order valence-corrected chi connectivity index (χ2v) is 5.51. The topological polar surface area (TPSA) is 259 Å². The van der Waals surface area contributed by atoms with Crippen molar-refractivity contribution < 1.29 is 73.7 Å². The van der Waals surface area contributed by atoms with E-state index < -0.39 is 85.3 Å². The summed E-state index contributed by atoms with van der Waals surface area (Å²) >= 11 is 0. The first-order chi connectivity index (χ1) is 13.2. The highest BCUT2D eigenvalue weighted by Gasteiger charge is 2.49. The van der Waals surface area contributed by atoms with E-state index in [9.17, 15) is 38.7 Å². The predicted molar refractivity (Wildman–Crippen MR) is 81.8 cm³/mol. The third kappa shape index (κ3) is 8.65. The number of carbonyl (C=O) groups is 7. The molecule has 0 fully saturated rings. The van der Waals surface area contributed by atoms with Crippen LogP contribution in [0.5, 0.6) is 0 Å². The number of carboxylic acid groups (broad SMARTS) is 6. The number of esters is 1. The van der Waals surface area contributed by atoms with Crippen molar-refractivity contribution in [2.75, 3.05) is 0 Å². The fraction of sp³-hybridized carbons (Fsp3) is 0.500. The number of ether oxygens (including phenoxy) is 2. The standard InChI is InChI=1S/C14H16O15/c15-7(16)1-5(11(23)24)28-6(2-8(17)18)12(25)29-14(13(26)27,3-9(19)20)4-10(21)22/h5-6H,1-4H2,(H,15,16)(H,17,18)(H,19,20)(H,21,22)(H,23,24)(H,26,27). The highest BCUT2D eigenvalue weighted by molar-refractivity contribution is 5.92. The predicted octanol–water partition coefficient (Wildman–Crippen LogP) is -1.91. The third-order valence-corrected chi connectivity index (χ3v) is 3.15. The molecule has 162 valence electrons. The summed E-state index contributed by atoms with van der Waals surface area (Å²) < 4.78 is 9.05. The lowest BCUT2D eigenvalue weighted by atomic mass is 9.95. The summed E-state index contributed by atoms with van der Waals surface area (Å²) in [4.78, 5) is 78.0. The van der Waals surface area contributed by atoms with Crippen LogP contribution in [0.2, 0.25) is 0 Å². The normalized spacial score (nSPS) is 13.0. The molecule has 0 saturated heterocycles. The first kappa shape index (κ1) is 25.2. The van der Waals surface area contributed by atoms with Gasteiger partial charge in [-0.15, -0.1) is 0 Å². The zero-order valence-electron chi connectivity index (χ0n) is 14.3. The van der Waals surface area contributed by atoms with Gasteiger partial charge in [-0.1, -0.05) is 0 Å². The Labute approximate surface area is 160 Å². The Balaban J connectivity index is 5.89. The van der Waals surface area contributed by atoms with Crippen molar-refractivity contribution in [3.8, 4) is 0 Å². The van der Waals surface area contributed by atoms with E-state index in [1.165, 1.54) is 0 Å². The Morgan fingerprint density at radius 3 is 1.38 bits per heavy atom. The highest BCUT2D eigenvalue weighted by Crippen LogP contribution is 2.24. The molecule has 0 aliphatic carbocycles. The van der Waals surface area contributed by atoms with Crippen molar-refractivity contribution in [2.24, 2.45) is 0 Å². The molecule has 0 aliphatic rings. The highest BCUT2D eigenvalue weighted by atomic mass is 16.6. The summed E-state index contributed by atoms with van der Waals surface area (Å²) in [6, 6.07) is 0. The molecule has 0 aliphatic heterocycles. The molecule has 0 aromatic rings. The fourth-order valence-electron chi connectivity index (χ4n) is 1.97. The van der Waals surface area contributed by atoms with E-state index in [4.69, 9.17) is 25.5 Å². The molecule has 2 unspecified atom stereocenters. The number of rotatable bonds is 14. The van der Waals surface area contributed by atoms with Crippen LogP contribution in [0.25, 0.3) is 0 Å².